The lowest BCUT2D eigenvalue weighted by Gasteiger charge is -2.32. The first-order valence-corrected chi connectivity index (χ1v) is 6.16. The molecule has 1 aliphatic heterocycles. The molecule has 0 aromatic rings. The number of ketones is 1. The Hall–Kier alpha value is -0.900. The molecule has 2 aliphatic rings. The van der Waals surface area contributed by atoms with Crippen molar-refractivity contribution >= 4 is 11.7 Å². The zero-order valence-electron chi connectivity index (χ0n) is 9.95. The number of rotatable bonds is 3. The standard InChI is InChI=1S/C12H20N2O2/c1-13-7-8-14(9-12(13)16)6-5-10-3-2-4-11(10)15/h10H,2-9H2,1H3. The van der Waals surface area contributed by atoms with Crippen LogP contribution in [-0.2, 0) is 9.59 Å². The molecule has 2 rings (SSSR count). The smallest absolute Gasteiger partial charge is 0.236 e. The van der Waals surface area contributed by atoms with Gasteiger partial charge in [-0.05, 0) is 25.8 Å². The van der Waals surface area contributed by atoms with Crippen LogP contribution in [0.25, 0.3) is 0 Å². The predicted octanol–water partition coefficient (Wildman–Crippen LogP) is 0.520. The second kappa shape index (κ2) is 4.95. The van der Waals surface area contributed by atoms with Gasteiger partial charge >= 0.3 is 0 Å². The number of hydrogen-bond donors (Lipinski definition) is 0. The van der Waals surface area contributed by atoms with E-state index in [4.69, 9.17) is 0 Å². The molecule has 1 heterocycles. The Bertz CT molecular complexity index is 291. The summed E-state index contributed by atoms with van der Waals surface area (Å²) in [5.74, 6) is 0.902. The van der Waals surface area contributed by atoms with Crippen LogP contribution in [0.5, 0.6) is 0 Å². The van der Waals surface area contributed by atoms with Crippen molar-refractivity contribution in [1.82, 2.24) is 9.80 Å². The Morgan fingerprint density at radius 3 is 2.75 bits per heavy atom. The number of hydrogen-bond acceptors (Lipinski definition) is 3. The van der Waals surface area contributed by atoms with Gasteiger partial charge in [0.2, 0.25) is 5.91 Å². The number of carbonyl (C=O) groups excluding carboxylic acids is 2. The highest BCUT2D eigenvalue weighted by molar-refractivity contribution is 5.82. The van der Waals surface area contributed by atoms with E-state index in [0.29, 0.717) is 12.3 Å². The summed E-state index contributed by atoms with van der Waals surface area (Å²) in [5.41, 5.74) is 0. The number of nitrogens with zero attached hydrogens (tertiary/aromatic N) is 2. The van der Waals surface area contributed by atoms with Gasteiger partial charge in [0.15, 0.2) is 0 Å². The number of piperazine rings is 1. The summed E-state index contributed by atoms with van der Waals surface area (Å²) in [6, 6.07) is 0. The third-order valence-electron chi connectivity index (χ3n) is 3.76. The van der Waals surface area contributed by atoms with Crippen molar-refractivity contribution in [2.75, 3.05) is 33.2 Å². The summed E-state index contributed by atoms with van der Waals surface area (Å²) in [6.07, 6.45) is 3.83. The quantitative estimate of drug-likeness (QED) is 0.701. The van der Waals surface area contributed by atoms with Gasteiger partial charge in [-0.3, -0.25) is 14.5 Å². The zero-order valence-corrected chi connectivity index (χ0v) is 9.95. The van der Waals surface area contributed by atoms with Gasteiger partial charge in [-0.1, -0.05) is 0 Å². The number of Topliss-reactive ketones (excluding diaryl/α,β-unsaturated/α-hetero) is 1. The molecule has 4 nitrogen and oxygen atoms in total. The average Bonchev–Trinajstić information content (AvgIpc) is 2.66. The van der Waals surface area contributed by atoms with Crippen molar-refractivity contribution in [3.8, 4) is 0 Å². The molecule has 1 atom stereocenters. The van der Waals surface area contributed by atoms with Gasteiger partial charge in [-0.25, -0.2) is 0 Å². The van der Waals surface area contributed by atoms with E-state index >= 15 is 0 Å². The van der Waals surface area contributed by atoms with Crippen LogP contribution in [0.1, 0.15) is 25.7 Å². The van der Waals surface area contributed by atoms with E-state index in [-0.39, 0.29) is 11.8 Å². The van der Waals surface area contributed by atoms with E-state index in [1.165, 1.54) is 0 Å². The van der Waals surface area contributed by atoms with Crippen LogP contribution >= 0.6 is 0 Å². The molecule has 0 aromatic carbocycles. The molecule has 0 aromatic heterocycles. The molecule has 0 spiro atoms. The molecule has 90 valence electrons. The van der Waals surface area contributed by atoms with Gasteiger partial charge < -0.3 is 4.90 Å². The zero-order chi connectivity index (χ0) is 11.5. The summed E-state index contributed by atoms with van der Waals surface area (Å²) >= 11 is 0. The summed E-state index contributed by atoms with van der Waals surface area (Å²) in [4.78, 5) is 26.9. The molecule has 2 fully saturated rings. The maximum atomic E-state index is 11.5. The van der Waals surface area contributed by atoms with Gasteiger partial charge in [-0.2, -0.15) is 0 Å². The minimum absolute atomic E-state index is 0.198. The van der Waals surface area contributed by atoms with Crippen LogP contribution in [-0.4, -0.2) is 54.7 Å². The first-order valence-electron chi connectivity index (χ1n) is 6.16. The summed E-state index contributed by atoms with van der Waals surface area (Å²) in [6.45, 7) is 3.19. The Balaban J connectivity index is 1.74. The third kappa shape index (κ3) is 2.61. The van der Waals surface area contributed by atoms with Crippen molar-refractivity contribution < 1.29 is 9.59 Å². The molecular weight excluding hydrogens is 204 g/mol. The molecule has 1 saturated heterocycles. The number of likely N-dealkylation sites (N-methyl/N-ethyl adjacent to an activating group) is 1. The summed E-state index contributed by atoms with van der Waals surface area (Å²) in [7, 11) is 1.85. The fourth-order valence-electron chi connectivity index (χ4n) is 2.53. The minimum Gasteiger partial charge on any atom is -0.343 e. The maximum Gasteiger partial charge on any atom is 0.236 e. The van der Waals surface area contributed by atoms with Crippen LogP contribution in [0.2, 0.25) is 0 Å². The minimum atomic E-state index is 0.198. The Labute approximate surface area is 96.6 Å². The van der Waals surface area contributed by atoms with Crippen LogP contribution in [0.15, 0.2) is 0 Å². The van der Waals surface area contributed by atoms with Crippen LogP contribution in [0.3, 0.4) is 0 Å². The van der Waals surface area contributed by atoms with Gasteiger partial charge in [0.25, 0.3) is 0 Å². The maximum absolute atomic E-state index is 11.5. The molecule has 4 heteroatoms. The Morgan fingerprint density at radius 1 is 1.31 bits per heavy atom. The number of amides is 1. The average molecular weight is 224 g/mol. The second-order valence-corrected chi connectivity index (χ2v) is 4.94. The van der Waals surface area contributed by atoms with E-state index < -0.39 is 0 Å². The summed E-state index contributed by atoms with van der Waals surface area (Å²) in [5, 5.41) is 0. The SMILES string of the molecule is CN1CCN(CCC2CCCC2=O)CC1=O. The van der Waals surface area contributed by atoms with Gasteiger partial charge in [0, 0.05) is 32.5 Å². The largest absolute Gasteiger partial charge is 0.343 e. The first kappa shape index (κ1) is 11.6. The molecule has 0 N–H and O–H groups in total. The van der Waals surface area contributed by atoms with Gasteiger partial charge in [-0.15, -0.1) is 0 Å². The third-order valence-corrected chi connectivity index (χ3v) is 3.76. The van der Waals surface area contributed by atoms with E-state index in [2.05, 4.69) is 4.90 Å². The number of carbonyl (C=O) groups is 2. The van der Waals surface area contributed by atoms with Crippen molar-refractivity contribution in [1.29, 1.82) is 0 Å². The molecule has 1 saturated carbocycles. The fraction of sp³-hybridized carbons (Fsp3) is 0.833. The lowest BCUT2D eigenvalue weighted by molar-refractivity contribution is -0.134. The van der Waals surface area contributed by atoms with Crippen LogP contribution < -0.4 is 0 Å². The second-order valence-electron chi connectivity index (χ2n) is 4.94. The molecule has 1 amide bonds. The lowest BCUT2D eigenvalue weighted by atomic mass is 10.0. The first-order chi connectivity index (χ1) is 7.66. The van der Waals surface area contributed by atoms with E-state index in [9.17, 15) is 9.59 Å². The molecule has 0 radical (unpaired) electrons. The van der Waals surface area contributed by atoms with Crippen molar-refractivity contribution in [3.63, 3.8) is 0 Å². The monoisotopic (exact) mass is 224 g/mol. The lowest BCUT2D eigenvalue weighted by Crippen LogP contribution is -2.48. The highest BCUT2D eigenvalue weighted by atomic mass is 16.2. The van der Waals surface area contributed by atoms with Gasteiger partial charge in [0.1, 0.15) is 5.78 Å². The van der Waals surface area contributed by atoms with Crippen LogP contribution in [0, 0.1) is 5.92 Å². The van der Waals surface area contributed by atoms with E-state index in [0.717, 1.165) is 45.3 Å². The highest BCUT2D eigenvalue weighted by Gasteiger charge is 2.26. The topological polar surface area (TPSA) is 40.6 Å². The summed E-state index contributed by atoms with van der Waals surface area (Å²) < 4.78 is 0. The van der Waals surface area contributed by atoms with E-state index in [1.54, 1.807) is 4.90 Å². The Morgan fingerprint density at radius 2 is 2.12 bits per heavy atom. The van der Waals surface area contributed by atoms with E-state index in [1.807, 2.05) is 7.05 Å². The van der Waals surface area contributed by atoms with Crippen molar-refractivity contribution in [2.45, 2.75) is 25.7 Å². The van der Waals surface area contributed by atoms with Crippen LogP contribution in [0.4, 0.5) is 0 Å². The molecule has 16 heavy (non-hydrogen) atoms. The molecule has 0 bridgehead atoms. The van der Waals surface area contributed by atoms with Gasteiger partial charge in [0.05, 0.1) is 6.54 Å². The molecule has 1 unspecified atom stereocenters. The van der Waals surface area contributed by atoms with Crippen molar-refractivity contribution in [3.05, 3.63) is 0 Å². The highest BCUT2D eigenvalue weighted by Crippen LogP contribution is 2.24. The predicted molar refractivity (Wildman–Crippen MR) is 61.0 cm³/mol. The normalized spacial score (nSPS) is 27.8. The van der Waals surface area contributed by atoms with Crippen molar-refractivity contribution in [2.24, 2.45) is 5.92 Å². The molecule has 1 aliphatic carbocycles. The fourth-order valence-corrected chi connectivity index (χ4v) is 2.53. The Kier molecular flexibility index (Phi) is 3.59. The molecular formula is C12H20N2O2.